The number of hydrogen-bond donors (Lipinski definition) is 0. The third-order valence-corrected chi connectivity index (χ3v) is 4.09. The molecule has 0 atom stereocenters. The van der Waals surface area contributed by atoms with Crippen LogP contribution in [-0.2, 0) is 9.59 Å². The number of carbonyl (C=O) groups is 2. The summed E-state index contributed by atoms with van der Waals surface area (Å²) in [5, 5.41) is 21.0. The first-order valence-corrected chi connectivity index (χ1v) is 9.18. The Kier molecular flexibility index (Phi) is 26.4. The van der Waals surface area contributed by atoms with Gasteiger partial charge >= 0.3 is 37.7 Å². The Bertz CT molecular complexity index is 299. The van der Waals surface area contributed by atoms with Crippen LogP contribution >= 0.6 is 0 Å². The Labute approximate surface area is 177 Å². The number of unbranched alkanes of at least 4 members (excludes halogenated alkanes) is 9. The van der Waals surface area contributed by atoms with Gasteiger partial charge in [-0.25, -0.2) is 0 Å². The van der Waals surface area contributed by atoms with Gasteiger partial charge in [0.2, 0.25) is 0 Å². The molecule has 0 N–H and O–H groups in total. The van der Waals surface area contributed by atoms with E-state index in [1.54, 1.807) is 0 Å². The Hall–Kier alpha value is 0.0948. The molecule has 0 aliphatic heterocycles. The van der Waals surface area contributed by atoms with Crippen LogP contribution in [0, 0.1) is 0 Å². The average Bonchev–Trinajstić information content (AvgIpc) is 2.50. The van der Waals surface area contributed by atoms with Gasteiger partial charge in [0.25, 0.3) is 0 Å². The number of carbonyl (C=O) groups excluding carboxylic acids is 2. The average molecular weight is 341 g/mol. The minimum absolute atomic E-state index is 0. The Balaban J connectivity index is -0.00000242. The van der Waals surface area contributed by atoms with Crippen molar-refractivity contribution < 1.29 is 57.5 Å². The summed E-state index contributed by atoms with van der Waals surface area (Å²) in [6.07, 6.45) is 12.4. The van der Waals surface area contributed by atoms with Gasteiger partial charge in [-0.2, -0.15) is 0 Å². The molecular formula is C18H33Li2NO4. The van der Waals surface area contributed by atoms with Crippen molar-refractivity contribution in [1.29, 1.82) is 0 Å². The number of nitrogens with zero attached hydrogens (tertiary/aromatic N) is 1. The van der Waals surface area contributed by atoms with E-state index in [1.807, 2.05) is 4.90 Å². The van der Waals surface area contributed by atoms with Gasteiger partial charge in [0.05, 0.1) is 0 Å². The molecule has 5 nitrogen and oxygen atoms in total. The first-order chi connectivity index (χ1) is 11.1. The molecule has 0 spiro atoms. The van der Waals surface area contributed by atoms with Crippen LogP contribution in [0.4, 0.5) is 0 Å². The summed E-state index contributed by atoms with van der Waals surface area (Å²) >= 11 is 0. The van der Waals surface area contributed by atoms with Crippen molar-refractivity contribution in [2.45, 2.75) is 84.0 Å². The number of carboxylic acid groups (broad SMARTS) is 2. The van der Waals surface area contributed by atoms with Crippen LogP contribution in [0.2, 0.25) is 0 Å². The van der Waals surface area contributed by atoms with Crippen molar-refractivity contribution >= 4 is 11.9 Å². The van der Waals surface area contributed by atoms with E-state index in [0.29, 0.717) is 13.1 Å². The molecule has 0 aliphatic rings. The van der Waals surface area contributed by atoms with E-state index in [9.17, 15) is 19.8 Å². The molecule has 25 heavy (non-hydrogen) atoms. The summed E-state index contributed by atoms with van der Waals surface area (Å²) in [5.41, 5.74) is 0. The normalized spacial score (nSPS) is 10.2. The molecule has 136 valence electrons. The van der Waals surface area contributed by atoms with Crippen LogP contribution in [0.5, 0.6) is 0 Å². The van der Waals surface area contributed by atoms with Crippen molar-refractivity contribution in [2.24, 2.45) is 0 Å². The van der Waals surface area contributed by atoms with Gasteiger partial charge in [0, 0.05) is 25.0 Å². The van der Waals surface area contributed by atoms with E-state index in [2.05, 4.69) is 6.92 Å². The summed E-state index contributed by atoms with van der Waals surface area (Å²) in [6, 6.07) is 0. The van der Waals surface area contributed by atoms with E-state index in [-0.39, 0.29) is 50.6 Å². The molecule has 0 aromatic heterocycles. The van der Waals surface area contributed by atoms with E-state index >= 15 is 0 Å². The molecular weight excluding hydrogens is 308 g/mol. The van der Waals surface area contributed by atoms with Gasteiger partial charge in [0.1, 0.15) is 0 Å². The zero-order chi connectivity index (χ0) is 17.3. The predicted molar refractivity (Wildman–Crippen MR) is 87.5 cm³/mol. The fourth-order valence-electron chi connectivity index (χ4n) is 2.66. The Morgan fingerprint density at radius 3 is 1.36 bits per heavy atom. The quantitative estimate of drug-likeness (QED) is 0.197. The first-order valence-electron chi connectivity index (χ1n) is 9.18. The van der Waals surface area contributed by atoms with Crippen LogP contribution < -0.4 is 47.9 Å². The van der Waals surface area contributed by atoms with Crippen molar-refractivity contribution in [3.05, 3.63) is 0 Å². The van der Waals surface area contributed by atoms with Crippen molar-refractivity contribution in [3.8, 4) is 0 Å². The van der Waals surface area contributed by atoms with Gasteiger partial charge < -0.3 is 24.7 Å². The number of rotatable bonds is 17. The summed E-state index contributed by atoms with van der Waals surface area (Å²) in [7, 11) is 0. The van der Waals surface area contributed by atoms with Crippen molar-refractivity contribution in [1.82, 2.24) is 4.90 Å². The van der Waals surface area contributed by atoms with Crippen molar-refractivity contribution in [2.75, 3.05) is 19.6 Å². The smallest absolute Gasteiger partial charge is 0.550 e. The molecule has 0 aromatic rings. The molecule has 0 saturated carbocycles. The second kappa shape index (κ2) is 22.1. The minimum atomic E-state index is -1.09. The number of hydrogen-bond acceptors (Lipinski definition) is 5. The van der Waals surface area contributed by atoms with Crippen molar-refractivity contribution in [3.63, 3.8) is 0 Å². The fourth-order valence-corrected chi connectivity index (χ4v) is 2.66. The molecule has 0 unspecified atom stereocenters. The van der Waals surface area contributed by atoms with E-state index in [0.717, 1.165) is 19.4 Å². The molecule has 0 radical (unpaired) electrons. The Morgan fingerprint density at radius 2 is 1.00 bits per heavy atom. The number of aliphatic carboxylic acids is 2. The zero-order valence-electron chi connectivity index (χ0n) is 16.7. The van der Waals surface area contributed by atoms with Gasteiger partial charge in [-0.1, -0.05) is 64.7 Å². The van der Waals surface area contributed by atoms with Gasteiger partial charge in [-0.05, 0) is 25.8 Å². The molecule has 0 aliphatic carbocycles. The summed E-state index contributed by atoms with van der Waals surface area (Å²) in [5.74, 6) is -2.18. The summed E-state index contributed by atoms with van der Waals surface area (Å²) in [4.78, 5) is 22.9. The summed E-state index contributed by atoms with van der Waals surface area (Å²) in [6.45, 7) is 3.68. The number of carboxylic acids is 2. The maximum Gasteiger partial charge on any atom is 1.00 e. The second-order valence-electron chi connectivity index (χ2n) is 6.27. The third-order valence-electron chi connectivity index (χ3n) is 4.09. The molecule has 0 bridgehead atoms. The monoisotopic (exact) mass is 341 g/mol. The van der Waals surface area contributed by atoms with Gasteiger partial charge in [0.15, 0.2) is 0 Å². The maximum absolute atomic E-state index is 10.5. The van der Waals surface area contributed by atoms with Crippen LogP contribution in [0.3, 0.4) is 0 Å². The topological polar surface area (TPSA) is 83.5 Å². The first kappa shape index (κ1) is 29.8. The van der Waals surface area contributed by atoms with Gasteiger partial charge in [-0.15, -0.1) is 0 Å². The molecule has 0 heterocycles. The zero-order valence-corrected chi connectivity index (χ0v) is 16.7. The van der Waals surface area contributed by atoms with Crippen LogP contribution in [-0.4, -0.2) is 36.5 Å². The second-order valence-corrected chi connectivity index (χ2v) is 6.27. The van der Waals surface area contributed by atoms with E-state index < -0.39 is 11.9 Å². The molecule has 0 amide bonds. The van der Waals surface area contributed by atoms with Crippen LogP contribution in [0.15, 0.2) is 0 Å². The van der Waals surface area contributed by atoms with Gasteiger partial charge in [-0.3, -0.25) is 0 Å². The van der Waals surface area contributed by atoms with Crippen LogP contribution in [0.25, 0.3) is 0 Å². The largest absolute Gasteiger partial charge is 1.00 e. The minimum Gasteiger partial charge on any atom is -0.550 e. The third kappa shape index (κ3) is 24.1. The molecule has 0 rings (SSSR count). The van der Waals surface area contributed by atoms with E-state index in [1.165, 1.54) is 51.4 Å². The fraction of sp³-hybridized carbons (Fsp3) is 0.889. The molecule has 7 heteroatoms. The molecule has 0 fully saturated rings. The summed E-state index contributed by atoms with van der Waals surface area (Å²) < 4.78 is 0. The molecule has 0 saturated heterocycles. The maximum atomic E-state index is 10.5. The predicted octanol–water partition coefficient (Wildman–Crippen LogP) is -4.50. The Morgan fingerprint density at radius 1 is 0.640 bits per heavy atom. The van der Waals surface area contributed by atoms with Crippen LogP contribution in [0.1, 0.15) is 84.0 Å². The SMILES string of the molecule is CCCCCCCCCCCCN(CCC(=O)[O-])CCC(=O)[O-].[Li+].[Li+]. The standard InChI is InChI=1S/C18H35NO4.2Li/c1-2-3-4-5-6-7-8-9-10-11-14-19(15-12-17(20)21)16-13-18(22)23;;/h2-16H2,1H3,(H,20,21)(H,22,23);;/q;2*+1/p-2. The van der Waals surface area contributed by atoms with E-state index in [4.69, 9.17) is 0 Å². The molecule has 0 aromatic carbocycles.